The van der Waals surface area contributed by atoms with Crippen molar-refractivity contribution in [3.05, 3.63) is 194 Å². The number of hydrogen-bond acceptors (Lipinski definition) is 6. The number of fused-ring (bicyclic) bond motifs is 4. The van der Waals surface area contributed by atoms with Crippen LogP contribution in [0, 0.1) is 0 Å². The Labute approximate surface area is 388 Å². The fraction of sp³-hybridized carbons (Fsp3) is 0. The molecule has 4 heterocycles. The Morgan fingerprint density at radius 3 is 0.691 bits per heavy atom. The highest BCUT2D eigenvalue weighted by molar-refractivity contribution is 6.01. The largest absolute Gasteiger partial charge is 0.338 e. The highest BCUT2D eigenvalue weighted by atomic mass is 16.2. The van der Waals surface area contributed by atoms with Crippen molar-refractivity contribution in [3.8, 4) is 45.6 Å². The highest BCUT2D eigenvalue weighted by Gasteiger charge is 2.11. The molecule has 12 rings (SSSR count). The highest BCUT2D eigenvalue weighted by Crippen LogP contribution is 2.26. The summed E-state index contributed by atoms with van der Waals surface area (Å²) in [6.45, 7) is 0. The fourth-order valence-electron chi connectivity index (χ4n) is 7.79. The van der Waals surface area contributed by atoms with Gasteiger partial charge in [-0.15, -0.1) is 0 Å². The van der Waals surface area contributed by atoms with E-state index >= 15 is 0 Å². The molecule has 68 heavy (non-hydrogen) atoms. The van der Waals surface area contributed by atoms with E-state index in [0.717, 1.165) is 89.7 Å². The number of aromatic amines is 4. The number of H-pyrrole nitrogens is 4. The number of nitrogens with zero attached hydrogens (tertiary/aromatic N) is 4. The summed E-state index contributed by atoms with van der Waals surface area (Å²) in [5.74, 6) is 3.17. The predicted octanol–water partition coefficient (Wildman–Crippen LogP) is 12.8. The molecule has 0 bridgehead atoms. The molecule has 0 radical (unpaired) electrons. The molecule has 0 aliphatic carbocycles. The molecule has 0 spiro atoms. The van der Waals surface area contributed by atoms with E-state index in [0.29, 0.717) is 22.7 Å². The summed E-state index contributed by atoms with van der Waals surface area (Å²) in [5.41, 5.74) is 14.2. The maximum atomic E-state index is 12.5. The van der Waals surface area contributed by atoms with Crippen molar-refractivity contribution in [1.29, 1.82) is 0 Å². The second-order valence-corrected chi connectivity index (χ2v) is 15.9. The van der Waals surface area contributed by atoms with Crippen molar-refractivity contribution >= 4 is 78.9 Å². The molecule has 0 aliphatic heterocycles. The molecule has 0 atom stereocenters. The monoisotopic (exact) mass is 888 g/mol. The van der Waals surface area contributed by atoms with Crippen LogP contribution in [0.4, 0.5) is 32.3 Å². The lowest BCUT2D eigenvalue weighted by atomic mass is 10.2. The summed E-state index contributed by atoms with van der Waals surface area (Å²) in [7, 11) is 0. The minimum absolute atomic E-state index is 0.312. The molecule has 0 fully saturated rings. The van der Waals surface area contributed by atoms with Crippen molar-refractivity contribution in [2.75, 3.05) is 21.3 Å². The fourth-order valence-corrected chi connectivity index (χ4v) is 7.79. The van der Waals surface area contributed by atoms with Crippen LogP contribution >= 0.6 is 0 Å². The van der Waals surface area contributed by atoms with Crippen molar-refractivity contribution < 1.29 is 9.59 Å². The van der Waals surface area contributed by atoms with E-state index < -0.39 is 0 Å². The van der Waals surface area contributed by atoms with E-state index in [1.807, 2.05) is 194 Å². The number of benzene rings is 8. The Morgan fingerprint density at radius 1 is 0.279 bits per heavy atom. The number of anilines is 4. The Hall–Kier alpha value is -9.82. The molecule has 12 aromatic rings. The van der Waals surface area contributed by atoms with Gasteiger partial charge in [0, 0.05) is 45.0 Å². The van der Waals surface area contributed by atoms with Crippen molar-refractivity contribution in [2.45, 2.75) is 0 Å². The third kappa shape index (κ3) is 8.96. The van der Waals surface area contributed by atoms with Gasteiger partial charge in [0.2, 0.25) is 0 Å². The topological polar surface area (TPSA) is 197 Å². The van der Waals surface area contributed by atoms with Crippen molar-refractivity contribution in [3.63, 3.8) is 0 Å². The van der Waals surface area contributed by atoms with E-state index in [1.54, 1.807) is 0 Å². The van der Waals surface area contributed by atoms with Gasteiger partial charge in [0.05, 0.1) is 44.1 Å². The molecule has 0 aliphatic rings. The summed E-state index contributed by atoms with van der Waals surface area (Å²) in [6, 6.07) is 61.2. The number of para-hydroxylation sites is 8. The van der Waals surface area contributed by atoms with Crippen LogP contribution in [-0.4, -0.2) is 51.9 Å². The van der Waals surface area contributed by atoms with Gasteiger partial charge in [-0.05, 0) is 146 Å². The molecule has 0 saturated carbocycles. The van der Waals surface area contributed by atoms with Gasteiger partial charge in [0.15, 0.2) is 0 Å². The Balaban J connectivity index is 0.000000149. The number of carbonyl (C=O) groups is 2. The summed E-state index contributed by atoms with van der Waals surface area (Å²) in [5, 5.41) is 11.4. The quantitative estimate of drug-likeness (QED) is 0.0747. The van der Waals surface area contributed by atoms with Crippen LogP contribution in [0.5, 0.6) is 0 Å². The first-order valence-electron chi connectivity index (χ1n) is 21.8. The average molecular weight is 889 g/mol. The van der Waals surface area contributed by atoms with E-state index in [4.69, 9.17) is 0 Å². The summed E-state index contributed by atoms with van der Waals surface area (Å²) >= 11 is 0. The molecule has 8 aromatic carbocycles. The van der Waals surface area contributed by atoms with E-state index in [-0.39, 0.29) is 12.1 Å². The summed E-state index contributed by atoms with van der Waals surface area (Å²) < 4.78 is 0. The van der Waals surface area contributed by atoms with E-state index in [2.05, 4.69) is 61.1 Å². The smallest absolute Gasteiger partial charge is 0.323 e. The Morgan fingerprint density at radius 2 is 0.485 bits per heavy atom. The zero-order chi connectivity index (χ0) is 45.8. The maximum absolute atomic E-state index is 12.5. The van der Waals surface area contributed by atoms with Gasteiger partial charge < -0.3 is 41.2 Å². The second-order valence-electron chi connectivity index (χ2n) is 15.9. The van der Waals surface area contributed by atoms with Gasteiger partial charge in [0.1, 0.15) is 23.3 Å². The average Bonchev–Trinajstić information content (AvgIpc) is 4.20. The molecule has 0 saturated heterocycles. The number of rotatable bonds is 8. The summed E-state index contributed by atoms with van der Waals surface area (Å²) in [6.07, 6.45) is 0. The lowest BCUT2D eigenvalue weighted by Gasteiger charge is -2.08. The van der Waals surface area contributed by atoms with Crippen LogP contribution in [0.1, 0.15) is 0 Å². The first kappa shape index (κ1) is 40.9. The zero-order valence-electron chi connectivity index (χ0n) is 36.1. The van der Waals surface area contributed by atoms with E-state index in [1.165, 1.54) is 0 Å². The standard InChI is InChI=1S/2C27H20N6O/c2*34-27(28-19-13-9-17(10-14-19)25-30-21-5-1-2-6-22(21)31-25)29-20-15-11-18(12-16-20)26-32-23-7-3-4-8-24(23)33-26/h2*1-16H,(H,30,31)(H,32,33)(H2,28,29,34). The number of imidazole rings is 4. The molecule has 4 aromatic heterocycles. The zero-order valence-corrected chi connectivity index (χ0v) is 36.1. The lowest BCUT2D eigenvalue weighted by Crippen LogP contribution is -2.19. The van der Waals surface area contributed by atoms with Crippen LogP contribution in [-0.2, 0) is 0 Å². The number of carbonyl (C=O) groups excluding carboxylic acids is 2. The Bertz CT molecular complexity index is 3100. The SMILES string of the molecule is O=C(Nc1ccc(-c2nc3ccccc3[nH]2)cc1)Nc1ccc(-c2nc3ccccc3[nH]2)cc1.O=C(Nc1ccc(-c2nc3ccccc3[nH]2)cc1)Nc1ccc(-c2nc3ccccc3[nH]2)cc1. The van der Waals surface area contributed by atoms with Gasteiger partial charge in [-0.1, -0.05) is 48.5 Å². The number of amides is 4. The van der Waals surface area contributed by atoms with Gasteiger partial charge in [-0.3, -0.25) is 0 Å². The minimum Gasteiger partial charge on any atom is -0.338 e. The molecule has 328 valence electrons. The van der Waals surface area contributed by atoms with Crippen LogP contribution in [0.2, 0.25) is 0 Å². The predicted molar refractivity (Wildman–Crippen MR) is 271 cm³/mol. The van der Waals surface area contributed by atoms with Gasteiger partial charge in [-0.2, -0.15) is 0 Å². The van der Waals surface area contributed by atoms with Crippen LogP contribution in [0.25, 0.3) is 89.7 Å². The minimum atomic E-state index is -0.312. The van der Waals surface area contributed by atoms with E-state index in [9.17, 15) is 9.59 Å². The normalized spacial score (nSPS) is 11.1. The lowest BCUT2D eigenvalue weighted by molar-refractivity contribution is 0.261. The number of nitrogens with one attached hydrogen (secondary N) is 8. The molecular formula is C54H40N12O2. The third-order valence-electron chi connectivity index (χ3n) is 11.2. The molecule has 8 N–H and O–H groups in total. The third-order valence-corrected chi connectivity index (χ3v) is 11.2. The molecule has 14 heteroatoms. The maximum Gasteiger partial charge on any atom is 0.323 e. The first-order valence-corrected chi connectivity index (χ1v) is 21.8. The van der Waals surface area contributed by atoms with Crippen LogP contribution in [0.15, 0.2) is 194 Å². The Kier molecular flexibility index (Phi) is 10.8. The van der Waals surface area contributed by atoms with Gasteiger partial charge >= 0.3 is 12.1 Å². The number of urea groups is 2. The first-order chi connectivity index (χ1) is 33.4. The molecule has 4 amide bonds. The van der Waals surface area contributed by atoms with Crippen molar-refractivity contribution in [1.82, 2.24) is 39.9 Å². The van der Waals surface area contributed by atoms with Gasteiger partial charge in [0.25, 0.3) is 0 Å². The number of aromatic nitrogens is 8. The second kappa shape index (κ2) is 18.0. The van der Waals surface area contributed by atoms with Crippen molar-refractivity contribution in [2.24, 2.45) is 0 Å². The molecule has 14 nitrogen and oxygen atoms in total. The van der Waals surface area contributed by atoms with Gasteiger partial charge in [-0.25, -0.2) is 29.5 Å². The summed E-state index contributed by atoms with van der Waals surface area (Å²) in [4.78, 5) is 56.6. The van der Waals surface area contributed by atoms with Crippen LogP contribution < -0.4 is 21.3 Å². The molecular weight excluding hydrogens is 849 g/mol. The van der Waals surface area contributed by atoms with Crippen LogP contribution in [0.3, 0.4) is 0 Å². The number of hydrogen-bond donors (Lipinski definition) is 8. The molecule has 0 unspecified atom stereocenters.